The standard InChI is InChI=1S/C17H25NO/c1-3-17(2)9-11-18(12-10-17)14-16(19)13-15-7-5-4-6-8-15/h4-8H,3,9-14H2,1-2H3. The maximum absolute atomic E-state index is 12.1. The Morgan fingerprint density at radius 2 is 1.84 bits per heavy atom. The molecule has 0 unspecified atom stereocenters. The lowest BCUT2D eigenvalue weighted by atomic mass is 9.78. The highest BCUT2D eigenvalue weighted by Crippen LogP contribution is 2.33. The molecule has 1 aromatic carbocycles. The van der Waals surface area contributed by atoms with Crippen molar-refractivity contribution in [2.24, 2.45) is 5.41 Å². The zero-order chi connectivity index (χ0) is 13.7. The van der Waals surface area contributed by atoms with Crippen LogP contribution in [-0.4, -0.2) is 30.3 Å². The van der Waals surface area contributed by atoms with Crippen molar-refractivity contribution in [3.8, 4) is 0 Å². The van der Waals surface area contributed by atoms with Crippen molar-refractivity contribution in [1.82, 2.24) is 4.90 Å². The second-order valence-electron chi connectivity index (χ2n) is 6.14. The minimum absolute atomic E-state index is 0.339. The Kier molecular flexibility index (Phi) is 4.76. The summed E-state index contributed by atoms with van der Waals surface area (Å²) >= 11 is 0. The fourth-order valence-electron chi connectivity index (χ4n) is 2.73. The van der Waals surface area contributed by atoms with Gasteiger partial charge in [-0.1, -0.05) is 50.6 Å². The first kappa shape index (κ1) is 14.3. The monoisotopic (exact) mass is 259 g/mol. The Morgan fingerprint density at radius 3 is 2.42 bits per heavy atom. The van der Waals surface area contributed by atoms with Gasteiger partial charge in [-0.05, 0) is 36.9 Å². The summed E-state index contributed by atoms with van der Waals surface area (Å²) in [5.41, 5.74) is 1.63. The first-order valence-corrected chi connectivity index (χ1v) is 7.39. The van der Waals surface area contributed by atoms with E-state index >= 15 is 0 Å². The van der Waals surface area contributed by atoms with E-state index in [1.165, 1.54) is 19.3 Å². The van der Waals surface area contributed by atoms with Gasteiger partial charge < -0.3 is 0 Å². The third kappa shape index (κ3) is 4.17. The number of nitrogens with zero attached hydrogens (tertiary/aromatic N) is 1. The maximum atomic E-state index is 12.1. The largest absolute Gasteiger partial charge is 0.298 e. The lowest BCUT2D eigenvalue weighted by Gasteiger charge is -2.38. The number of benzene rings is 1. The van der Waals surface area contributed by atoms with Crippen LogP contribution in [0.15, 0.2) is 30.3 Å². The number of Topliss-reactive ketones (excluding diaryl/α,β-unsaturated/α-hetero) is 1. The number of likely N-dealkylation sites (tertiary alicyclic amines) is 1. The molecule has 1 aliphatic rings. The van der Waals surface area contributed by atoms with Crippen LogP contribution in [0.2, 0.25) is 0 Å². The molecule has 0 amide bonds. The van der Waals surface area contributed by atoms with Gasteiger partial charge in [0.2, 0.25) is 0 Å². The molecule has 1 fully saturated rings. The van der Waals surface area contributed by atoms with Crippen LogP contribution in [0.5, 0.6) is 0 Å². The van der Waals surface area contributed by atoms with Gasteiger partial charge in [-0.15, -0.1) is 0 Å². The number of hydrogen-bond acceptors (Lipinski definition) is 2. The minimum Gasteiger partial charge on any atom is -0.298 e. The van der Waals surface area contributed by atoms with Gasteiger partial charge in [0.1, 0.15) is 0 Å². The number of carbonyl (C=O) groups is 1. The molecule has 0 bridgehead atoms. The molecule has 1 heterocycles. The van der Waals surface area contributed by atoms with Gasteiger partial charge in [0.25, 0.3) is 0 Å². The minimum atomic E-state index is 0.339. The smallest absolute Gasteiger partial charge is 0.151 e. The van der Waals surface area contributed by atoms with Crippen molar-refractivity contribution < 1.29 is 4.79 Å². The van der Waals surface area contributed by atoms with Crippen LogP contribution in [0.4, 0.5) is 0 Å². The van der Waals surface area contributed by atoms with E-state index in [1.807, 2.05) is 30.3 Å². The molecule has 104 valence electrons. The summed E-state index contributed by atoms with van der Waals surface area (Å²) in [5, 5.41) is 0. The molecule has 1 aliphatic heterocycles. The fraction of sp³-hybridized carbons (Fsp3) is 0.588. The van der Waals surface area contributed by atoms with Gasteiger partial charge in [-0.25, -0.2) is 0 Å². The second kappa shape index (κ2) is 6.33. The molecule has 1 aromatic rings. The molecule has 1 saturated heterocycles. The van der Waals surface area contributed by atoms with Crippen molar-refractivity contribution in [3.05, 3.63) is 35.9 Å². The van der Waals surface area contributed by atoms with Crippen molar-refractivity contribution in [1.29, 1.82) is 0 Å². The average Bonchev–Trinajstić information content (AvgIpc) is 2.43. The van der Waals surface area contributed by atoms with Crippen LogP contribution in [-0.2, 0) is 11.2 Å². The van der Waals surface area contributed by atoms with E-state index in [1.54, 1.807) is 0 Å². The molecule has 0 aliphatic carbocycles. The number of ketones is 1. The lowest BCUT2D eigenvalue weighted by Crippen LogP contribution is -2.41. The molecule has 0 spiro atoms. The van der Waals surface area contributed by atoms with Crippen molar-refractivity contribution in [2.45, 2.75) is 39.5 Å². The van der Waals surface area contributed by atoms with Crippen LogP contribution in [0.25, 0.3) is 0 Å². The van der Waals surface area contributed by atoms with Crippen LogP contribution < -0.4 is 0 Å². The fourth-order valence-corrected chi connectivity index (χ4v) is 2.73. The highest BCUT2D eigenvalue weighted by atomic mass is 16.1. The Labute approximate surface area is 116 Å². The quantitative estimate of drug-likeness (QED) is 0.808. The Hall–Kier alpha value is -1.15. The zero-order valence-corrected chi connectivity index (χ0v) is 12.2. The highest BCUT2D eigenvalue weighted by molar-refractivity contribution is 5.82. The maximum Gasteiger partial charge on any atom is 0.151 e. The third-order valence-corrected chi connectivity index (χ3v) is 4.56. The summed E-state index contributed by atoms with van der Waals surface area (Å²) in [6.07, 6.45) is 4.27. The van der Waals surface area contributed by atoms with Crippen LogP contribution in [0, 0.1) is 5.41 Å². The summed E-state index contributed by atoms with van der Waals surface area (Å²) in [5.74, 6) is 0.339. The first-order valence-electron chi connectivity index (χ1n) is 7.39. The summed E-state index contributed by atoms with van der Waals surface area (Å²) in [7, 11) is 0. The third-order valence-electron chi connectivity index (χ3n) is 4.56. The van der Waals surface area contributed by atoms with E-state index < -0.39 is 0 Å². The number of rotatable bonds is 5. The Morgan fingerprint density at radius 1 is 1.21 bits per heavy atom. The normalized spacial score (nSPS) is 19.3. The molecule has 2 heteroatoms. The summed E-state index contributed by atoms with van der Waals surface area (Å²) in [6.45, 7) is 7.41. The number of piperidine rings is 1. The summed E-state index contributed by atoms with van der Waals surface area (Å²) in [6, 6.07) is 10.0. The van der Waals surface area contributed by atoms with Crippen molar-refractivity contribution in [2.75, 3.05) is 19.6 Å². The summed E-state index contributed by atoms with van der Waals surface area (Å²) < 4.78 is 0. The molecule has 0 N–H and O–H groups in total. The predicted molar refractivity (Wildman–Crippen MR) is 79.2 cm³/mol. The molecule has 0 saturated carbocycles. The SMILES string of the molecule is CCC1(C)CCN(CC(=O)Cc2ccccc2)CC1. The van der Waals surface area contributed by atoms with Gasteiger partial charge in [-0.2, -0.15) is 0 Å². The van der Waals surface area contributed by atoms with E-state index in [2.05, 4.69) is 18.7 Å². The van der Waals surface area contributed by atoms with E-state index in [0.29, 0.717) is 24.2 Å². The topological polar surface area (TPSA) is 20.3 Å². The second-order valence-corrected chi connectivity index (χ2v) is 6.14. The van der Waals surface area contributed by atoms with Gasteiger partial charge in [0.05, 0.1) is 6.54 Å². The van der Waals surface area contributed by atoms with Crippen LogP contribution in [0.3, 0.4) is 0 Å². The van der Waals surface area contributed by atoms with Crippen molar-refractivity contribution >= 4 is 5.78 Å². The first-order chi connectivity index (χ1) is 9.11. The average molecular weight is 259 g/mol. The van der Waals surface area contributed by atoms with E-state index in [-0.39, 0.29) is 0 Å². The molecular formula is C17H25NO. The van der Waals surface area contributed by atoms with E-state index in [4.69, 9.17) is 0 Å². The van der Waals surface area contributed by atoms with Gasteiger partial charge in [0.15, 0.2) is 5.78 Å². The molecule has 19 heavy (non-hydrogen) atoms. The summed E-state index contributed by atoms with van der Waals surface area (Å²) in [4.78, 5) is 14.4. The predicted octanol–water partition coefficient (Wildman–Crippen LogP) is 3.31. The highest BCUT2D eigenvalue weighted by Gasteiger charge is 2.28. The Bertz CT molecular complexity index is 405. The van der Waals surface area contributed by atoms with Crippen LogP contribution >= 0.6 is 0 Å². The molecule has 0 radical (unpaired) electrons. The van der Waals surface area contributed by atoms with E-state index in [9.17, 15) is 4.79 Å². The zero-order valence-electron chi connectivity index (χ0n) is 12.2. The van der Waals surface area contributed by atoms with Gasteiger partial charge in [0, 0.05) is 6.42 Å². The molecule has 2 rings (SSSR count). The number of carbonyl (C=O) groups excluding carboxylic acids is 1. The molecule has 2 nitrogen and oxygen atoms in total. The Balaban J connectivity index is 1.78. The van der Waals surface area contributed by atoms with Gasteiger partial charge >= 0.3 is 0 Å². The molecule has 0 aromatic heterocycles. The lowest BCUT2D eigenvalue weighted by molar-refractivity contribution is -0.120. The van der Waals surface area contributed by atoms with Crippen molar-refractivity contribution in [3.63, 3.8) is 0 Å². The van der Waals surface area contributed by atoms with Crippen LogP contribution in [0.1, 0.15) is 38.7 Å². The molecule has 0 atom stereocenters. The van der Waals surface area contributed by atoms with E-state index in [0.717, 1.165) is 18.7 Å². The molecular weight excluding hydrogens is 234 g/mol. The van der Waals surface area contributed by atoms with Gasteiger partial charge in [-0.3, -0.25) is 9.69 Å². The number of hydrogen-bond donors (Lipinski definition) is 0.